The Bertz CT molecular complexity index is 809. The van der Waals surface area contributed by atoms with Crippen molar-refractivity contribution >= 4 is 0 Å². The molecule has 0 bridgehead atoms. The first kappa shape index (κ1) is 40.3. The molecule has 0 aromatic rings. The number of aliphatic hydroxyl groups excluding tert-OH is 3. The molecule has 254 valence electrons. The summed E-state index contributed by atoms with van der Waals surface area (Å²) in [6.45, 7) is -11.2. The van der Waals surface area contributed by atoms with Gasteiger partial charge in [-0.15, -0.1) is 0 Å². The molecule has 0 fully saturated rings. The van der Waals surface area contributed by atoms with Crippen LogP contribution in [0, 0.1) is 5.41 Å². The maximum absolute atomic E-state index is 14.8. The molecule has 0 saturated heterocycles. The highest BCUT2D eigenvalue weighted by atomic mass is 19.4. The minimum atomic E-state index is -8.34. The zero-order chi connectivity index (χ0) is 34.4. The van der Waals surface area contributed by atoms with Gasteiger partial charge in [0.15, 0.2) is 0 Å². The average Bonchev–Trinajstić information content (AvgIpc) is 2.72. The van der Waals surface area contributed by atoms with E-state index >= 15 is 0 Å². The molecule has 42 heavy (non-hydrogen) atoms. The number of alkyl halides is 21. The van der Waals surface area contributed by atoms with Crippen molar-refractivity contribution in [3.63, 3.8) is 0 Å². The number of hydrogen-bond donors (Lipinski definition) is 3. The predicted molar refractivity (Wildman–Crippen MR) is 82.1 cm³/mol. The first-order valence-electron chi connectivity index (χ1n) is 9.41. The molecule has 0 spiro atoms. The number of ether oxygens (including phenoxy) is 3. The fourth-order valence-electron chi connectivity index (χ4n) is 2.53. The molecule has 0 aliphatic carbocycles. The summed E-state index contributed by atoms with van der Waals surface area (Å²) < 4.78 is 291. The van der Waals surface area contributed by atoms with Gasteiger partial charge in [-0.1, -0.05) is 0 Å². The number of halogens is 21. The van der Waals surface area contributed by atoms with Crippen molar-refractivity contribution in [3.05, 3.63) is 0 Å². The van der Waals surface area contributed by atoms with Gasteiger partial charge in [0.05, 0.1) is 6.42 Å². The van der Waals surface area contributed by atoms with E-state index in [1.807, 2.05) is 14.2 Å². The molecule has 3 unspecified atom stereocenters. The molecule has 0 radical (unpaired) electrons. The summed E-state index contributed by atoms with van der Waals surface area (Å²) in [5.74, 6) is -20.5. The number of rotatable bonds is 13. The lowest BCUT2D eigenvalue weighted by Gasteiger charge is -2.50. The van der Waals surface area contributed by atoms with Crippen molar-refractivity contribution in [2.75, 3.05) is 19.8 Å². The van der Waals surface area contributed by atoms with Crippen LogP contribution in [0.15, 0.2) is 0 Å². The van der Waals surface area contributed by atoms with Crippen molar-refractivity contribution in [2.45, 2.75) is 67.0 Å². The highest BCUT2D eigenvalue weighted by molar-refractivity contribution is 5.05. The Hall–Kier alpha value is -1.71. The van der Waals surface area contributed by atoms with E-state index in [-0.39, 0.29) is 0 Å². The van der Waals surface area contributed by atoms with Gasteiger partial charge in [0.25, 0.3) is 5.41 Å². The van der Waals surface area contributed by atoms with E-state index in [0.717, 1.165) is 0 Å². The summed E-state index contributed by atoms with van der Waals surface area (Å²) in [7, 11) is 0. The fourth-order valence-corrected chi connectivity index (χ4v) is 2.53. The van der Waals surface area contributed by atoms with Gasteiger partial charge in [0.2, 0.25) is 0 Å². The van der Waals surface area contributed by atoms with Crippen LogP contribution in [0.5, 0.6) is 0 Å². The summed E-state index contributed by atoms with van der Waals surface area (Å²) in [6.07, 6.45) is -59.6. The predicted octanol–water partition coefficient (Wildman–Crippen LogP) is 5.41. The molecular formula is C15H11F21O6. The maximum Gasteiger partial charge on any atom is 0.451 e. The first-order chi connectivity index (χ1) is 18.0. The van der Waals surface area contributed by atoms with E-state index in [2.05, 4.69) is 0 Å². The second-order valence-corrected chi connectivity index (χ2v) is 7.71. The van der Waals surface area contributed by atoms with Crippen LogP contribution in [0.1, 0.15) is 6.42 Å². The highest BCUT2D eigenvalue weighted by Gasteiger charge is 2.89. The van der Waals surface area contributed by atoms with Crippen LogP contribution in [0.2, 0.25) is 0 Å². The van der Waals surface area contributed by atoms with E-state index < -0.39 is 92.3 Å². The largest absolute Gasteiger partial charge is 0.451 e. The van der Waals surface area contributed by atoms with Crippen LogP contribution >= 0.6 is 0 Å². The van der Waals surface area contributed by atoms with Crippen molar-refractivity contribution < 1.29 is 122 Å². The normalized spacial score (nSPS) is 20.9. The quantitative estimate of drug-likeness (QED) is 0.225. The van der Waals surface area contributed by atoms with Gasteiger partial charge < -0.3 is 15.3 Å². The van der Waals surface area contributed by atoms with Crippen molar-refractivity contribution in [1.82, 2.24) is 0 Å². The Morgan fingerprint density at radius 1 is 0.357 bits per heavy atom. The van der Waals surface area contributed by atoms with Crippen LogP contribution < -0.4 is 0 Å². The lowest BCUT2D eigenvalue weighted by Crippen LogP contribution is -2.73. The van der Waals surface area contributed by atoms with Crippen LogP contribution in [0.25, 0.3) is 0 Å². The van der Waals surface area contributed by atoms with Crippen LogP contribution in [-0.4, -0.2) is 95.7 Å². The lowest BCUT2D eigenvalue weighted by atomic mass is 9.78. The molecule has 0 aromatic carbocycles. The van der Waals surface area contributed by atoms with Crippen molar-refractivity contribution in [2.24, 2.45) is 5.41 Å². The molecule has 3 N–H and O–H groups in total. The summed E-state index contributed by atoms with van der Waals surface area (Å²) in [5.41, 5.74) is -8.25. The van der Waals surface area contributed by atoms with Crippen LogP contribution in [-0.2, 0) is 14.2 Å². The average molecular weight is 686 g/mol. The summed E-state index contributed by atoms with van der Waals surface area (Å²) >= 11 is 0. The van der Waals surface area contributed by atoms with Crippen LogP contribution in [0.3, 0.4) is 0 Å². The summed E-state index contributed by atoms with van der Waals surface area (Å²) in [6, 6.07) is 0. The molecular weight excluding hydrogens is 675 g/mol. The first-order valence-corrected chi connectivity index (χ1v) is 9.41. The summed E-state index contributed by atoms with van der Waals surface area (Å²) in [4.78, 5) is 0. The second-order valence-electron chi connectivity index (χ2n) is 7.71. The van der Waals surface area contributed by atoms with Gasteiger partial charge in [-0.05, 0) is 0 Å². The third-order valence-corrected chi connectivity index (χ3v) is 4.71. The smallest absolute Gasteiger partial charge is 0.390 e. The van der Waals surface area contributed by atoms with Gasteiger partial charge >= 0.3 is 60.6 Å². The molecule has 0 saturated carbocycles. The van der Waals surface area contributed by atoms with Gasteiger partial charge in [-0.25, -0.2) is 0 Å². The highest BCUT2D eigenvalue weighted by Crippen LogP contribution is 2.66. The molecule has 0 rings (SSSR count). The monoisotopic (exact) mass is 686 g/mol. The molecule has 0 aromatic heterocycles. The molecule has 6 nitrogen and oxygen atoms in total. The fraction of sp³-hybridized carbons (Fsp3) is 1.00. The standard InChI is InChI=1S/C15H11F21O6/c16-6(2-37,10(22,23)24)40-13(31,32)5(1-9(19,20)21,14(33,34)41-7(17,3-38)11(25,26)27)15(35,36)42-8(18,4-39)12(28,29)30/h37-39H,1-4H2. The Morgan fingerprint density at radius 3 is 0.667 bits per heavy atom. The zero-order valence-electron chi connectivity index (χ0n) is 18.8. The van der Waals surface area contributed by atoms with Gasteiger partial charge in [-0.2, -0.15) is 92.2 Å². The minimum absolute atomic E-state index is 1.86. The third kappa shape index (κ3) is 7.32. The van der Waals surface area contributed by atoms with Crippen molar-refractivity contribution in [1.29, 1.82) is 0 Å². The Kier molecular flexibility index (Phi) is 10.9. The number of aliphatic hydroxyl groups is 3. The minimum Gasteiger partial charge on any atom is -0.390 e. The zero-order valence-corrected chi connectivity index (χ0v) is 18.8. The van der Waals surface area contributed by atoms with E-state index in [1.54, 1.807) is 0 Å². The second kappa shape index (κ2) is 11.3. The van der Waals surface area contributed by atoms with E-state index in [0.29, 0.717) is 0 Å². The van der Waals surface area contributed by atoms with Crippen molar-refractivity contribution in [3.8, 4) is 0 Å². The molecule has 0 heterocycles. The molecule has 0 amide bonds. The molecule has 3 atom stereocenters. The Labute approximate surface area is 215 Å². The topological polar surface area (TPSA) is 88.4 Å². The van der Waals surface area contributed by atoms with E-state index in [1.165, 1.54) is 0 Å². The van der Waals surface area contributed by atoms with E-state index in [9.17, 15) is 92.2 Å². The number of hydrogen-bond acceptors (Lipinski definition) is 6. The maximum atomic E-state index is 14.8. The van der Waals surface area contributed by atoms with E-state index in [4.69, 9.17) is 15.3 Å². The summed E-state index contributed by atoms with van der Waals surface area (Å²) in [5, 5.41) is 25.1. The van der Waals surface area contributed by atoms with Gasteiger partial charge in [0, 0.05) is 0 Å². The van der Waals surface area contributed by atoms with Gasteiger partial charge in [-0.3, -0.25) is 14.2 Å². The Morgan fingerprint density at radius 2 is 0.548 bits per heavy atom. The van der Waals surface area contributed by atoms with Gasteiger partial charge in [0.1, 0.15) is 19.8 Å². The third-order valence-electron chi connectivity index (χ3n) is 4.71. The SMILES string of the molecule is OCC(F)(OC(F)(F)C(CC(F)(F)F)(C(F)(F)OC(F)(CO)C(F)(F)F)C(F)(F)OC(F)(CO)C(F)(F)F)C(F)(F)F. The molecule has 0 aliphatic rings. The molecule has 27 heteroatoms. The Balaban J connectivity index is 8.20. The lowest BCUT2D eigenvalue weighted by molar-refractivity contribution is -0.568. The van der Waals surface area contributed by atoms with Crippen LogP contribution in [0.4, 0.5) is 92.2 Å². The molecule has 0 aliphatic heterocycles.